The van der Waals surface area contributed by atoms with Crippen LogP contribution in [0.5, 0.6) is 11.5 Å². The molecule has 0 spiro atoms. The fraction of sp³-hybridized carbons (Fsp3) is 0.188. The van der Waals surface area contributed by atoms with Crippen molar-refractivity contribution in [3.8, 4) is 11.5 Å². The number of aryl methyl sites for hydroxylation is 2. The first kappa shape index (κ1) is 13.1. The third-order valence-electron chi connectivity index (χ3n) is 2.94. The van der Waals surface area contributed by atoms with Crippen LogP contribution in [0.3, 0.4) is 0 Å². The van der Waals surface area contributed by atoms with Gasteiger partial charge in [-0.25, -0.2) is 4.79 Å². The third-order valence-corrected chi connectivity index (χ3v) is 2.94. The van der Waals surface area contributed by atoms with Gasteiger partial charge in [-0.3, -0.25) is 0 Å². The van der Waals surface area contributed by atoms with E-state index >= 15 is 0 Å². The van der Waals surface area contributed by atoms with Gasteiger partial charge in [0.15, 0.2) is 0 Å². The van der Waals surface area contributed by atoms with E-state index in [4.69, 9.17) is 4.74 Å². The molecule has 0 saturated heterocycles. The molecule has 0 amide bonds. The molecule has 3 heteroatoms. The molecule has 0 unspecified atom stereocenters. The number of carboxylic acid groups (broad SMARTS) is 1. The summed E-state index contributed by atoms with van der Waals surface area (Å²) in [6, 6.07) is 12.8. The van der Waals surface area contributed by atoms with Crippen LogP contribution in [0.4, 0.5) is 0 Å². The number of rotatable bonds is 4. The Morgan fingerprint density at radius 2 is 1.89 bits per heavy atom. The molecule has 0 fully saturated rings. The van der Waals surface area contributed by atoms with Crippen molar-refractivity contribution in [2.24, 2.45) is 0 Å². The minimum Gasteiger partial charge on any atom is -0.478 e. The highest BCUT2D eigenvalue weighted by Gasteiger charge is 2.13. The van der Waals surface area contributed by atoms with Gasteiger partial charge in [-0.2, -0.15) is 0 Å². The average molecular weight is 256 g/mol. The summed E-state index contributed by atoms with van der Waals surface area (Å²) in [6.07, 6.45) is 0.838. The largest absolute Gasteiger partial charge is 0.478 e. The van der Waals surface area contributed by atoms with Crippen LogP contribution in [0.25, 0.3) is 0 Å². The molecule has 0 atom stereocenters. The van der Waals surface area contributed by atoms with Gasteiger partial charge in [0.05, 0.1) is 0 Å². The second-order valence-electron chi connectivity index (χ2n) is 4.37. The summed E-state index contributed by atoms with van der Waals surface area (Å²) in [5.74, 6) is 0.100. The molecule has 0 aromatic heterocycles. The smallest absolute Gasteiger partial charge is 0.339 e. The lowest BCUT2D eigenvalue weighted by molar-refractivity contribution is 0.0694. The van der Waals surface area contributed by atoms with Crippen molar-refractivity contribution < 1.29 is 14.6 Å². The van der Waals surface area contributed by atoms with Gasteiger partial charge in [0.1, 0.15) is 17.1 Å². The van der Waals surface area contributed by atoms with Gasteiger partial charge in [0, 0.05) is 0 Å². The van der Waals surface area contributed by atoms with Crippen molar-refractivity contribution in [1.29, 1.82) is 0 Å². The summed E-state index contributed by atoms with van der Waals surface area (Å²) in [5, 5.41) is 9.21. The van der Waals surface area contributed by atoms with Gasteiger partial charge < -0.3 is 9.84 Å². The highest BCUT2D eigenvalue weighted by Crippen LogP contribution is 2.29. The van der Waals surface area contributed by atoms with Gasteiger partial charge in [-0.15, -0.1) is 0 Å². The van der Waals surface area contributed by atoms with Crippen LogP contribution in [-0.2, 0) is 6.42 Å². The summed E-state index contributed by atoms with van der Waals surface area (Å²) in [4.78, 5) is 11.2. The molecule has 1 N–H and O–H groups in total. The summed E-state index contributed by atoms with van der Waals surface area (Å²) in [5.41, 5.74) is 2.14. The number of carbonyl (C=O) groups is 1. The average Bonchev–Trinajstić information content (AvgIpc) is 2.41. The fourth-order valence-electron chi connectivity index (χ4n) is 1.91. The van der Waals surface area contributed by atoms with Crippen molar-refractivity contribution >= 4 is 5.97 Å². The van der Waals surface area contributed by atoms with Crippen LogP contribution in [0, 0.1) is 6.92 Å². The molecule has 0 bridgehead atoms. The van der Waals surface area contributed by atoms with Gasteiger partial charge in [-0.1, -0.05) is 36.8 Å². The number of aromatic carboxylic acids is 1. The van der Waals surface area contributed by atoms with Crippen LogP contribution in [0.15, 0.2) is 42.5 Å². The lowest BCUT2D eigenvalue weighted by atomic mass is 10.1. The molecule has 0 aliphatic carbocycles. The molecule has 98 valence electrons. The summed E-state index contributed by atoms with van der Waals surface area (Å²) in [7, 11) is 0. The van der Waals surface area contributed by atoms with E-state index in [9.17, 15) is 9.90 Å². The highest BCUT2D eigenvalue weighted by atomic mass is 16.5. The van der Waals surface area contributed by atoms with Gasteiger partial charge >= 0.3 is 5.97 Å². The van der Waals surface area contributed by atoms with E-state index in [1.54, 1.807) is 12.1 Å². The Hall–Kier alpha value is -2.29. The molecular formula is C16H16O3. The van der Waals surface area contributed by atoms with Crippen molar-refractivity contribution in [1.82, 2.24) is 0 Å². The maximum atomic E-state index is 11.2. The van der Waals surface area contributed by atoms with E-state index in [1.165, 1.54) is 0 Å². The van der Waals surface area contributed by atoms with Gasteiger partial charge in [0.25, 0.3) is 0 Å². The molecule has 0 aliphatic rings. The van der Waals surface area contributed by atoms with Crippen LogP contribution in [0.1, 0.15) is 28.4 Å². The van der Waals surface area contributed by atoms with E-state index in [2.05, 4.69) is 0 Å². The predicted octanol–water partition coefficient (Wildman–Crippen LogP) is 4.05. The highest BCUT2D eigenvalue weighted by molar-refractivity contribution is 5.91. The Labute approximate surface area is 112 Å². The minimum atomic E-state index is -0.979. The Kier molecular flexibility index (Phi) is 3.85. The van der Waals surface area contributed by atoms with Crippen LogP contribution in [-0.4, -0.2) is 11.1 Å². The Morgan fingerprint density at radius 3 is 2.58 bits per heavy atom. The van der Waals surface area contributed by atoms with Crippen molar-refractivity contribution in [3.63, 3.8) is 0 Å². The number of hydrogen-bond donors (Lipinski definition) is 1. The van der Waals surface area contributed by atoms with E-state index < -0.39 is 5.97 Å². The zero-order chi connectivity index (χ0) is 13.8. The predicted molar refractivity (Wildman–Crippen MR) is 74.0 cm³/mol. The molecule has 2 aromatic carbocycles. The number of ether oxygens (including phenoxy) is 1. The van der Waals surface area contributed by atoms with Crippen molar-refractivity contribution in [2.45, 2.75) is 20.3 Å². The second-order valence-corrected chi connectivity index (χ2v) is 4.37. The molecule has 0 aliphatic heterocycles. The standard InChI is InChI=1S/C16H16O3/c1-3-12-6-4-5-7-14(12)19-15-9-8-11(2)10-13(15)16(17)18/h4-10H,3H2,1-2H3,(H,17,18). The SMILES string of the molecule is CCc1ccccc1Oc1ccc(C)cc1C(=O)O. The van der Waals surface area contributed by atoms with Crippen molar-refractivity contribution in [2.75, 3.05) is 0 Å². The number of para-hydroxylation sites is 1. The Morgan fingerprint density at radius 1 is 1.16 bits per heavy atom. The first-order valence-electron chi connectivity index (χ1n) is 6.21. The maximum Gasteiger partial charge on any atom is 0.339 e. The normalized spacial score (nSPS) is 10.2. The molecule has 0 saturated carbocycles. The monoisotopic (exact) mass is 256 g/mol. The lowest BCUT2D eigenvalue weighted by Gasteiger charge is -2.12. The second kappa shape index (κ2) is 5.57. The van der Waals surface area contributed by atoms with Crippen LogP contribution in [0.2, 0.25) is 0 Å². The van der Waals surface area contributed by atoms with E-state index in [0.717, 1.165) is 17.5 Å². The summed E-state index contributed by atoms with van der Waals surface area (Å²) < 4.78 is 5.77. The van der Waals surface area contributed by atoms with Gasteiger partial charge in [-0.05, 0) is 37.1 Å². The third kappa shape index (κ3) is 2.94. The number of benzene rings is 2. The van der Waals surface area contributed by atoms with E-state index in [1.807, 2.05) is 44.2 Å². The molecule has 0 radical (unpaired) electrons. The molecule has 19 heavy (non-hydrogen) atoms. The van der Waals surface area contributed by atoms with Crippen LogP contribution >= 0.6 is 0 Å². The Balaban J connectivity index is 2.41. The number of hydrogen-bond acceptors (Lipinski definition) is 2. The van der Waals surface area contributed by atoms with Crippen LogP contribution < -0.4 is 4.74 Å². The molecule has 2 aromatic rings. The topological polar surface area (TPSA) is 46.5 Å². The zero-order valence-corrected chi connectivity index (χ0v) is 11.0. The van der Waals surface area contributed by atoms with Crippen molar-refractivity contribution in [3.05, 3.63) is 59.2 Å². The summed E-state index contributed by atoms with van der Waals surface area (Å²) in [6.45, 7) is 3.89. The quantitative estimate of drug-likeness (QED) is 0.897. The zero-order valence-electron chi connectivity index (χ0n) is 11.0. The fourth-order valence-corrected chi connectivity index (χ4v) is 1.91. The number of carboxylic acids is 1. The first-order chi connectivity index (χ1) is 9.11. The summed E-state index contributed by atoms with van der Waals surface area (Å²) >= 11 is 0. The Bertz CT molecular complexity index is 603. The van der Waals surface area contributed by atoms with Gasteiger partial charge in [0.2, 0.25) is 0 Å². The molecule has 3 nitrogen and oxygen atoms in total. The molecule has 2 rings (SSSR count). The maximum absolute atomic E-state index is 11.2. The van der Waals surface area contributed by atoms with E-state index in [0.29, 0.717) is 11.5 Å². The lowest BCUT2D eigenvalue weighted by Crippen LogP contribution is -2.01. The first-order valence-corrected chi connectivity index (χ1v) is 6.21. The molecular weight excluding hydrogens is 240 g/mol. The van der Waals surface area contributed by atoms with E-state index in [-0.39, 0.29) is 5.56 Å². The minimum absolute atomic E-state index is 0.186. The molecule has 0 heterocycles.